The number of aryl methyl sites for hydroxylation is 1. The summed E-state index contributed by atoms with van der Waals surface area (Å²) in [5, 5.41) is 0. The lowest BCUT2D eigenvalue weighted by Gasteiger charge is -2.45. The largest absolute Gasteiger partial charge is 0.489 e. The molecule has 2 aliphatic carbocycles. The van der Waals surface area contributed by atoms with Crippen LogP contribution in [0.5, 0.6) is 5.75 Å². The predicted molar refractivity (Wildman–Crippen MR) is 70.9 cm³/mol. The molecule has 1 aromatic rings. The molecule has 1 spiro atoms. The molecular weight excluding hydrogens is 224 g/mol. The lowest BCUT2D eigenvalue weighted by molar-refractivity contribution is -0.151. The van der Waals surface area contributed by atoms with Gasteiger partial charge in [-0.05, 0) is 43.9 Å². The number of carbonyl (C=O) groups excluding carboxylic acids is 1. The van der Waals surface area contributed by atoms with Crippen LogP contribution in [0.25, 0.3) is 0 Å². The zero-order valence-electron chi connectivity index (χ0n) is 11.2. The van der Waals surface area contributed by atoms with Gasteiger partial charge in [-0.1, -0.05) is 25.0 Å². The average Bonchev–Trinajstić information content (AvgIpc) is 2.86. The molecule has 3 rings (SSSR count). The third kappa shape index (κ3) is 1.58. The first-order valence-electron chi connectivity index (χ1n) is 6.90. The summed E-state index contributed by atoms with van der Waals surface area (Å²) in [6.45, 7) is 4.19. The van der Waals surface area contributed by atoms with Crippen molar-refractivity contribution in [3.05, 3.63) is 29.3 Å². The number of ether oxygens (including phenoxy) is 1. The lowest BCUT2D eigenvalue weighted by atomic mass is 9.63. The van der Waals surface area contributed by atoms with Gasteiger partial charge < -0.3 is 4.74 Å². The Hall–Kier alpha value is -1.31. The second kappa shape index (κ2) is 4.11. The Morgan fingerprint density at radius 1 is 1.22 bits per heavy atom. The van der Waals surface area contributed by atoms with E-state index in [1.165, 1.54) is 24.0 Å². The Bertz CT molecular complexity index is 484. The smallest absolute Gasteiger partial charge is 0.146 e. The minimum atomic E-state index is -0.129. The van der Waals surface area contributed by atoms with Crippen LogP contribution in [0.1, 0.15) is 43.2 Å². The first kappa shape index (κ1) is 11.8. The quantitative estimate of drug-likeness (QED) is 0.794. The van der Waals surface area contributed by atoms with Crippen molar-refractivity contribution in [3.63, 3.8) is 0 Å². The Morgan fingerprint density at radius 2 is 1.94 bits per heavy atom. The topological polar surface area (TPSA) is 26.3 Å². The Morgan fingerprint density at radius 3 is 2.61 bits per heavy atom. The van der Waals surface area contributed by atoms with Gasteiger partial charge in [-0.3, -0.25) is 4.79 Å². The van der Waals surface area contributed by atoms with Crippen molar-refractivity contribution in [2.24, 2.45) is 5.41 Å². The second-order valence-electron chi connectivity index (χ2n) is 5.80. The van der Waals surface area contributed by atoms with Crippen molar-refractivity contribution < 1.29 is 9.53 Å². The van der Waals surface area contributed by atoms with E-state index in [2.05, 4.69) is 19.9 Å². The van der Waals surface area contributed by atoms with E-state index in [-0.39, 0.29) is 11.5 Å². The number of benzene rings is 1. The van der Waals surface area contributed by atoms with E-state index in [1.807, 2.05) is 12.1 Å². The van der Waals surface area contributed by atoms with Crippen LogP contribution < -0.4 is 4.74 Å². The second-order valence-corrected chi connectivity index (χ2v) is 5.80. The first-order chi connectivity index (χ1) is 8.63. The van der Waals surface area contributed by atoms with Crippen molar-refractivity contribution in [2.75, 3.05) is 0 Å². The molecule has 0 aromatic heterocycles. The minimum Gasteiger partial charge on any atom is -0.489 e. The Balaban J connectivity index is 1.81. The van der Waals surface area contributed by atoms with Gasteiger partial charge in [0.05, 0.1) is 5.41 Å². The summed E-state index contributed by atoms with van der Waals surface area (Å²) in [5.74, 6) is 1.38. The van der Waals surface area contributed by atoms with E-state index in [1.54, 1.807) is 0 Å². The molecule has 18 heavy (non-hydrogen) atoms. The molecule has 0 heterocycles. The molecule has 2 fully saturated rings. The summed E-state index contributed by atoms with van der Waals surface area (Å²) < 4.78 is 6.15. The third-order valence-corrected chi connectivity index (χ3v) is 4.86. The highest BCUT2D eigenvalue weighted by Gasteiger charge is 2.57. The molecule has 0 aliphatic heterocycles. The highest BCUT2D eigenvalue weighted by Crippen LogP contribution is 2.52. The molecule has 1 unspecified atom stereocenters. The molecule has 0 saturated heterocycles. The van der Waals surface area contributed by atoms with Crippen LogP contribution in [0, 0.1) is 19.3 Å². The number of rotatable bonds is 2. The zero-order chi connectivity index (χ0) is 12.8. The van der Waals surface area contributed by atoms with Crippen molar-refractivity contribution in [2.45, 2.75) is 52.1 Å². The lowest BCUT2D eigenvalue weighted by Crippen LogP contribution is -2.55. The van der Waals surface area contributed by atoms with Gasteiger partial charge >= 0.3 is 0 Å². The maximum Gasteiger partial charge on any atom is 0.146 e. The van der Waals surface area contributed by atoms with Gasteiger partial charge in [0.2, 0.25) is 0 Å². The molecule has 0 radical (unpaired) electrons. The molecule has 1 aromatic carbocycles. The molecule has 0 bridgehead atoms. The molecule has 2 saturated carbocycles. The third-order valence-electron chi connectivity index (χ3n) is 4.86. The molecule has 1 atom stereocenters. The van der Waals surface area contributed by atoms with Crippen molar-refractivity contribution >= 4 is 5.78 Å². The SMILES string of the molecule is Cc1cccc(OC2CC(=O)C23CCCC3)c1C. The minimum absolute atomic E-state index is 0.119. The number of carbonyl (C=O) groups is 1. The number of ketones is 1. The van der Waals surface area contributed by atoms with Crippen molar-refractivity contribution in [3.8, 4) is 5.75 Å². The summed E-state index contributed by atoms with van der Waals surface area (Å²) in [5.41, 5.74) is 2.32. The highest BCUT2D eigenvalue weighted by atomic mass is 16.5. The number of hydrogen-bond acceptors (Lipinski definition) is 2. The molecule has 2 heteroatoms. The molecule has 2 aliphatic rings. The van der Waals surface area contributed by atoms with E-state index in [0.29, 0.717) is 12.2 Å². The molecular formula is C16H20O2. The fourth-order valence-electron chi connectivity index (χ4n) is 3.38. The molecule has 0 N–H and O–H groups in total. The van der Waals surface area contributed by atoms with Gasteiger partial charge in [-0.25, -0.2) is 0 Å². The first-order valence-corrected chi connectivity index (χ1v) is 6.90. The van der Waals surface area contributed by atoms with E-state index < -0.39 is 0 Å². The normalized spacial score (nSPS) is 25.2. The van der Waals surface area contributed by atoms with Crippen LogP contribution in [0.4, 0.5) is 0 Å². The monoisotopic (exact) mass is 244 g/mol. The van der Waals surface area contributed by atoms with Gasteiger partial charge in [0.1, 0.15) is 17.6 Å². The van der Waals surface area contributed by atoms with Crippen LogP contribution in [0.3, 0.4) is 0 Å². The number of hydrogen-bond donors (Lipinski definition) is 0. The van der Waals surface area contributed by atoms with E-state index >= 15 is 0 Å². The molecule has 2 nitrogen and oxygen atoms in total. The van der Waals surface area contributed by atoms with Crippen LogP contribution in [-0.2, 0) is 4.79 Å². The van der Waals surface area contributed by atoms with E-state index in [0.717, 1.165) is 18.6 Å². The summed E-state index contributed by atoms with van der Waals surface area (Å²) in [4.78, 5) is 11.9. The van der Waals surface area contributed by atoms with Gasteiger partial charge in [-0.15, -0.1) is 0 Å². The van der Waals surface area contributed by atoms with Crippen LogP contribution >= 0.6 is 0 Å². The fourth-order valence-corrected chi connectivity index (χ4v) is 3.38. The van der Waals surface area contributed by atoms with Crippen LogP contribution in [0.2, 0.25) is 0 Å². The fraction of sp³-hybridized carbons (Fsp3) is 0.562. The van der Waals surface area contributed by atoms with Crippen LogP contribution in [-0.4, -0.2) is 11.9 Å². The maximum atomic E-state index is 11.9. The van der Waals surface area contributed by atoms with Crippen LogP contribution in [0.15, 0.2) is 18.2 Å². The number of Topliss-reactive ketones (excluding diaryl/α,β-unsaturated/α-hetero) is 1. The van der Waals surface area contributed by atoms with E-state index in [9.17, 15) is 4.79 Å². The average molecular weight is 244 g/mol. The van der Waals surface area contributed by atoms with E-state index in [4.69, 9.17) is 4.74 Å². The summed E-state index contributed by atoms with van der Waals surface area (Å²) in [6, 6.07) is 6.15. The maximum absolute atomic E-state index is 11.9. The summed E-state index contributed by atoms with van der Waals surface area (Å²) >= 11 is 0. The Kier molecular flexibility index (Phi) is 2.69. The zero-order valence-corrected chi connectivity index (χ0v) is 11.2. The predicted octanol–water partition coefficient (Wildman–Crippen LogP) is 3.58. The van der Waals surface area contributed by atoms with Gasteiger partial charge in [0.25, 0.3) is 0 Å². The standard InChI is InChI=1S/C16H20O2/c1-11-6-5-7-13(12(11)2)18-15-10-14(17)16(15)8-3-4-9-16/h5-7,15H,3-4,8-10H2,1-2H3. The summed E-state index contributed by atoms with van der Waals surface area (Å²) in [6.07, 6.45) is 5.14. The molecule has 96 valence electrons. The van der Waals surface area contributed by atoms with Gasteiger partial charge in [-0.2, -0.15) is 0 Å². The van der Waals surface area contributed by atoms with Crippen molar-refractivity contribution in [1.82, 2.24) is 0 Å². The summed E-state index contributed by atoms with van der Waals surface area (Å²) in [7, 11) is 0. The van der Waals surface area contributed by atoms with Gasteiger partial charge in [0, 0.05) is 6.42 Å². The Labute approximate surface area is 108 Å². The molecule has 0 amide bonds. The van der Waals surface area contributed by atoms with Crippen molar-refractivity contribution in [1.29, 1.82) is 0 Å². The van der Waals surface area contributed by atoms with Gasteiger partial charge in [0.15, 0.2) is 0 Å². The highest BCUT2D eigenvalue weighted by molar-refractivity contribution is 5.92.